The van der Waals surface area contributed by atoms with Crippen LogP contribution in [0, 0.1) is 6.92 Å². The zero-order chi connectivity index (χ0) is 16.9. The number of amides is 1. The number of hydrogen-bond acceptors (Lipinski definition) is 6. The molecule has 1 aliphatic rings. The van der Waals surface area contributed by atoms with Crippen LogP contribution in [0.15, 0.2) is 29.8 Å². The van der Waals surface area contributed by atoms with Crippen LogP contribution in [0.1, 0.15) is 18.3 Å². The van der Waals surface area contributed by atoms with Crippen LogP contribution in [0.4, 0.5) is 5.13 Å². The van der Waals surface area contributed by atoms with Crippen molar-refractivity contribution in [2.24, 2.45) is 0 Å². The van der Waals surface area contributed by atoms with Crippen LogP contribution in [0.25, 0.3) is 0 Å². The Balaban J connectivity index is 1.46. The first-order valence-electron chi connectivity index (χ1n) is 8.19. The molecule has 0 saturated carbocycles. The van der Waals surface area contributed by atoms with Crippen LogP contribution >= 0.6 is 11.3 Å². The Morgan fingerprint density at radius 2 is 2.29 bits per heavy atom. The number of pyridine rings is 1. The number of aryl methyl sites for hydroxylation is 1. The minimum atomic E-state index is 0.0476. The molecular weight excluding hydrogens is 322 g/mol. The van der Waals surface area contributed by atoms with Gasteiger partial charge in [-0.15, -0.1) is 11.3 Å². The minimum absolute atomic E-state index is 0.0476. The molecule has 0 aromatic carbocycles. The number of hydrogen-bond donors (Lipinski definition) is 1. The maximum atomic E-state index is 12.1. The lowest BCUT2D eigenvalue weighted by atomic mass is 10.2. The smallest absolute Gasteiger partial charge is 0.234 e. The van der Waals surface area contributed by atoms with Gasteiger partial charge in [-0.1, -0.05) is 6.07 Å². The highest BCUT2D eigenvalue weighted by Gasteiger charge is 2.26. The minimum Gasteiger partial charge on any atom is -0.349 e. The van der Waals surface area contributed by atoms with Gasteiger partial charge in [0.05, 0.1) is 24.5 Å². The zero-order valence-electron chi connectivity index (χ0n) is 14.1. The van der Waals surface area contributed by atoms with Gasteiger partial charge < -0.3 is 10.2 Å². The van der Waals surface area contributed by atoms with E-state index in [0.717, 1.165) is 36.2 Å². The summed E-state index contributed by atoms with van der Waals surface area (Å²) in [5.74, 6) is 0.0476. The number of aromatic nitrogens is 2. The van der Waals surface area contributed by atoms with Gasteiger partial charge in [0.15, 0.2) is 5.13 Å². The molecule has 128 valence electrons. The van der Waals surface area contributed by atoms with Gasteiger partial charge in [-0.3, -0.25) is 14.7 Å². The molecule has 1 aliphatic heterocycles. The van der Waals surface area contributed by atoms with Gasteiger partial charge in [0.1, 0.15) is 0 Å². The Hall–Kier alpha value is -1.99. The molecule has 2 aromatic rings. The van der Waals surface area contributed by atoms with Crippen molar-refractivity contribution in [1.29, 1.82) is 0 Å². The number of piperazine rings is 1. The predicted octanol–water partition coefficient (Wildman–Crippen LogP) is 1.67. The van der Waals surface area contributed by atoms with Crippen LogP contribution in [0.2, 0.25) is 0 Å². The normalized spacial score (nSPS) is 18.6. The average Bonchev–Trinajstić information content (AvgIpc) is 3.00. The van der Waals surface area contributed by atoms with Gasteiger partial charge in [-0.2, -0.15) is 0 Å². The first-order chi connectivity index (χ1) is 11.6. The van der Waals surface area contributed by atoms with Crippen molar-refractivity contribution in [3.8, 4) is 0 Å². The SMILES string of the molecule is Cc1csc(N2CCN(CC(=O)NCc3ccccn3)C[C@@H]2C)n1. The van der Waals surface area contributed by atoms with Crippen LogP contribution in [-0.4, -0.2) is 53.0 Å². The molecule has 1 atom stereocenters. The van der Waals surface area contributed by atoms with E-state index >= 15 is 0 Å². The lowest BCUT2D eigenvalue weighted by Crippen LogP contribution is -2.54. The van der Waals surface area contributed by atoms with Gasteiger partial charge in [-0.05, 0) is 26.0 Å². The molecule has 0 aliphatic carbocycles. The Bertz CT molecular complexity index is 675. The fourth-order valence-electron chi connectivity index (χ4n) is 2.89. The van der Waals surface area contributed by atoms with Crippen molar-refractivity contribution < 1.29 is 4.79 Å². The molecule has 0 unspecified atom stereocenters. The molecule has 0 bridgehead atoms. The van der Waals surface area contributed by atoms with Crippen molar-refractivity contribution in [2.75, 3.05) is 31.1 Å². The summed E-state index contributed by atoms with van der Waals surface area (Å²) in [5, 5.41) is 6.11. The number of anilines is 1. The largest absolute Gasteiger partial charge is 0.349 e. The van der Waals surface area contributed by atoms with Crippen molar-refractivity contribution >= 4 is 22.4 Å². The van der Waals surface area contributed by atoms with Crippen LogP contribution in [0.3, 0.4) is 0 Å². The predicted molar refractivity (Wildman–Crippen MR) is 96.2 cm³/mol. The van der Waals surface area contributed by atoms with E-state index in [9.17, 15) is 4.79 Å². The highest BCUT2D eigenvalue weighted by molar-refractivity contribution is 7.13. The first kappa shape index (κ1) is 16.9. The molecule has 0 spiro atoms. The van der Waals surface area contributed by atoms with Gasteiger partial charge in [0.25, 0.3) is 0 Å². The molecule has 7 heteroatoms. The number of thiazole rings is 1. The number of nitrogens with zero attached hydrogens (tertiary/aromatic N) is 4. The van der Waals surface area contributed by atoms with Crippen molar-refractivity contribution in [3.63, 3.8) is 0 Å². The van der Waals surface area contributed by atoms with E-state index in [-0.39, 0.29) is 5.91 Å². The fourth-order valence-corrected chi connectivity index (χ4v) is 3.82. The summed E-state index contributed by atoms with van der Waals surface area (Å²) < 4.78 is 0. The number of carbonyl (C=O) groups is 1. The van der Waals surface area contributed by atoms with Crippen LogP contribution in [0.5, 0.6) is 0 Å². The van der Waals surface area contributed by atoms with Gasteiger partial charge >= 0.3 is 0 Å². The second kappa shape index (κ2) is 7.72. The molecule has 1 saturated heterocycles. The van der Waals surface area contributed by atoms with E-state index in [4.69, 9.17) is 0 Å². The summed E-state index contributed by atoms with van der Waals surface area (Å²) in [6, 6.07) is 6.07. The number of rotatable bonds is 5. The summed E-state index contributed by atoms with van der Waals surface area (Å²) >= 11 is 1.69. The third-order valence-corrected chi connectivity index (χ3v) is 5.12. The topological polar surface area (TPSA) is 61.4 Å². The lowest BCUT2D eigenvalue weighted by Gasteiger charge is -2.39. The summed E-state index contributed by atoms with van der Waals surface area (Å²) in [7, 11) is 0. The van der Waals surface area contributed by atoms with Crippen molar-refractivity contribution in [3.05, 3.63) is 41.2 Å². The highest BCUT2D eigenvalue weighted by Crippen LogP contribution is 2.24. The second-order valence-corrected chi connectivity index (χ2v) is 6.98. The summed E-state index contributed by atoms with van der Waals surface area (Å²) in [6.07, 6.45) is 1.74. The van der Waals surface area contributed by atoms with E-state index in [2.05, 4.69) is 37.4 Å². The molecule has 1 N–H and O–H groups in total. The van der Waals surface area contributed by atoms with Crippen molar-refractivity contribution in [1.82, 2.24) is 20.2 Å². The summed E-state index contributed by atoms with van der Waals surface area (Å²) in [5.41, 5.74) is 1.95. The number of nitrogens with one attached hydrogen (secondary N) is 1. The fraction of sp³-hybridized carbons (Fsp3) is 0.471. The maximum Gasteiger partial charge on any atom is 0.234 e. The maximum absolute atomic E-state index is 12.1. The molecule has 24 heavy (non-hydrogen) atoms. The van der Waals surface area contributed by atoms with E-state index in [1.54, 1.807) is 17.5 Å². The lowest BCUT2D eigenvalue weighted by molar-refractivity contribution is -0.122. The molecule has 3 heterocycles. The van der Waals surface area contributed by atoms with E-state index in [1.807, 2.05) is 25.1 Å². The molecule has 6 nitrogen and oxygen atoms in total. The van der Waals surface area contributed by atoms with Crippen molar-refractivity contribution in [2.45, 2.75) is 26.4 Å². The van der Waals surface area contributed by atoms with E-state index in [1.165, 1.54) is 0 Å². The average molecular weight is 345 g/mol. The number of carbonyl (C=O) groups excluding carboxylic acids is 1. The van der Waals surface area contributed by atoms with E-state index in [0.29, 0.717) is 19.1 Å². The molecule has 1 fully saturated rings. The van der Waals surface area contributed by atoms with Gasteiger partial charge in [-0.25, -0.2) is 4.98 Å². The molecular formula is C17H23N5OS. The molecule has 1 amide bonds. The standard InChI is InChI=1S/C17H23N5OS/c1-13-12-24-17(20-13)22-8-7-21(10-14(22)2)11-16(23)19-9-15-5-3-4-6-18-15/h3-6,12,14H,7-11H2,1-2H3,(H,19,23)/t14-/m0/s1. The monoisotopic (exact) mass is 345 g/mol. The quantitative estimate of drug-likeness (QED) is 0.893. The second-order valence-electron chi connectivity index (χ2n) is 6.15. The zero-order valence-corrected chi connectivity index (χ0v) is 14.9. The third kappa shape index (κ3) is 4.30. The Kier molecular flexibility index (Phi) is 5.42. The van der Waals surface area contributed by atoms with Gasteiger partial charge in [0, 0.05) is 37.3 Å². The first-order valence-corrected chi connectivity index (χ1v) is 9.07. The Morgan fingerprint density at radius 3 is 2.96 bits per heavy atom. The molecule has 2 aromatic heterocycles. The highest BCUT2D eigenvalue weighted by atomic mass is 32.1. The summed E-state index contributed by atoms with van der Waals surface area (Å²) in [4.78, 5) is 25.5. The van der Waals surface area contributed by atoms with Crippen LogP contribution in [-0.2, 0) is 11.3 Å². The third-order valence-electron chi connectivity index (χ3n) is 4.12. The van der Waals surface area contributed by atoms with E-state index < -0.39 is 0 Å². The summed E-state index contributed by atoms with van der Waals surface area (Å²) in [6.45, 7) is 7.77. The van der Waals surface area contributed by atoms with Gasteiger partial charge in [0.2, 0.25) is 5.91 Å². The molecule has 0 radical (unpaired) electrons. The Labute approximate surface area is 146 Å². The van der Waals surface area contributed by atoms with Crippen LogP contribution < -0.4 is 10.2 Å². The molecule has 3 rings (SSSR count). The Morgan fingerprint density at radius 1 is 1.42 bits per heavy atom.